The second kappa shape index (κ2) is 6.24. The van der Waals surface area contributed by atoms with Crippen molar-refractivity contribution < 1.29 is 4.74 Å². The minimum Gasteiger partial charge on any atom is -0.500 e. The van der Waals surface area contributed by atoms with Crippen molar-refractivity contribution >= 4 is 0 Å². The molecule has 2 aliphatic rings. The molecule has 0 spiro atoms. The highest BCUT2D eigenvalue weighted by atomic mass is 16.5. The van der Waals surface area contributed by atoms with Gasteiger partial charge in [0.15, 0.2) is 5.82 Å². The fourth-order valence-corrected chi connectivity index (χ4v) is 2.35. The third kappa shape index (κ3) is 2.87. The van der Waals surface area contributed by atoms with E-state index in [1.54, 1.807) is 12.4 Å². The normalized spacial score (nSPS) is 11.4. The van der Waals surface area contributed by atoms with Crippen LogP contribution in [-0.4, -0.2) is 21.6 Å². The molecule has 0 saturated carbocycles. The lowest BCUT2D eigenvalue weighted by molar-refractivity contribution is 0.283. The lowest BCUT2D eigenvalue weighted by Gasteiger charge is -2.05. The summed E-state index contributed by atoms with van der Waals surface area (Å²) in [5.41, 5.74) is 2.05. The number of benzene rings is 1. The van der Waals surface area contributed by atoms with Gasteiger partial charge in [-0.15, -0.1) is 6.42 Å². The molecule has 0 bridgehead atoms. The number of nitrogens with zero attached hydrogens (tertiary/aromatic N) is 2. The molecule has 5 nitrogen and oxygen atoms in total. The first kappa shape index (κ1) is 14.7. The van der Waals surface area contributed by atoms with Crippen molar-refractivity contribution in [3.63, 3.8) is 0 Å². The van der Waals surface area contributed by atoms with Gasteiger partial charge in [-0.05, 0) is 5.56 Å². The van der Waals surface area contributed by atoms with Crippen LogP contribution in [0, 0.1) is 12.3 Å². The Balaban J connectivity index is 2.04. The van der Waals surface area contributed by atoms with Crippen LogP contribution in [0.2, 0.25) is 0 Å². The molecule has 3 rings (SSSR count). The van der Waals surface area contributed by atoms with Crippen LogP contribution in [0.5, 0.6) is 0 Å². The number of allylic oxidation sites excluding steroid dienone is 2. The zero-order chi connectivity index (χ0) is 16.2. The van der Waals surface area contributed by atoms with Crippen LogP contribution in [0.1, 0.15) is 5.69 Å². The Labute approximate surface area is 133 Å². The van der Waals surface area contributed by atoms with E-state index >= 15 is 0 Å². The van der Waals surface area contributed by atoms with E-state index in [1.165, 1.54) is 17.8 Å². The molecule has 23 heavy (non-hydrogen) atoms. The topological polar surface area (TPSA) is 59.9 Å². The lowest BCUT2D eigenvalue weighted by Crippen LogP contribution is -2.16. The summed E-state index contributed by atoms with van der Waals surface area (Å²) in [6, 6.07) is 9.78. The first-order valence-corrected chi connectivity index (χ1v) is 7.07. The minimum absolute atomic E-state index is 0.175. The van der Waals surface area contributed by atoms with Crippen molar-refractivity contribution in [3.05, 3.63) is 70.6 Å². The quantitative estimate of drug-likeness (QED) is 0.594. The molecule has 0 unspecified atom stereocenters. The number of nitrogens with one attached hydrogen (secondary N) is 1. The third-order valence-electron chi connectivity index (χ3n) is 3.51. The molecule has 5 heteroatoms. The molecule has 114 valence electrons. The van der Waals surface area contributed by atoms with Crippen molar-refractivity contribution in [3.8, 4) is 29.4 Å². The van der Waals surface area contributed by atoms with Crippen molar-refractivity contribution in [1.82, 2.24) is 14.5 Å². The smallest absolute Gasteiger partial charge is 0.278 e. The van der Waals surface area contributed by atoms with Crippen LogP contribution in [0.3, 0.4) is 0 Å². The van der Waals surface area contributed by atoms with E-state index in [2.05, 4.69) is 15.9 Å². The monoisotopic (exact) mass is 305 g/mol. The van der Waals surface area contributed by atoms with Crippen molar-refractivity contribution in [2.24, 2.45) is 0 Å². The van der Waals surface area contributed by atoms with Gasteiger partial charge in [-0.25, -0.2) is 4.98 Å². The van der Waals surface area contributed by atoms with Gasteiger partial charge in [0.05, 0.1) is 19.2 Å². The molecule has 2 heterocycles. The summed E-state index contributed by atoms with van der Waals surface area (Å²) in [5, 5.41) is 0. The minimum atomic E-state index is -0.175. The SMILES string of the molecule is C#C/C=C(/Cc1nc2c[nH]c(-c3ccccc3)cn-2c1=O)OC. The molecule has 0 radical (unpaired) electrons. The highest BCUT2D eigenvalue weighted by Crippen LogP contribution is 2.18. The van der Waals surface area contributed by atoms with E-state index in [0.29, 0.717) is 17.3 Å². The number of hydrogen-bond donors (Lipinski definition) is 1. The van der Waals surface area contributed by atoms with Gasteiger partial charge < -0.3 is 9.72 Å². The number of ether oxygens (including phenoxy) is 1. The van der Waals surface area contributed by atoms with E-state index in [4.69, 9.17) is 11.2 Å². The summed E-state index contributed by atoms with van der Waals surface area (Å²) in [4.78, 5) is 20.0. The number of aromatic nitrogens is 3. The lowest BCUT2D eigenvalue weighted by atomic mass is 10.2. The maximum atomic E-state index is 12.5. The number of rotatable bonds is 4. The van der Waals surface area contributed by atoms with E-state index in [9.17, 15) is 4.79 Å². The average molecular weight is 305 g/mol. The Bertz CT molecular complexity index is 914. The predicted octanol–water partition coefficient (Wildman–Crippen LogP) is 2.37. The third-order valence-corrected chi connectivity index (χ3v) is 3.51. The first-order valence-electron chi connectivity index (χ1n) is 7.07. The summed E-state index contributed by atoms with van der Waals surface area (Å²) in [6.07, 6.45) is 10.5. The van der Waals surface area contributed by atoms with E-state index in [1.807, 2.05) is 30.3 Å². The van der Waals surface area contributed by atoms with Crippen LogP contribution < -0.4 is 5.56 Å². The summed E-state index contributed by atoms with van der Waals surface area (Å²) >= 11 is 0. The second-order valence-electron chi connectivity index (χ2n) is 4.95. The van der Waals surface area contributed by atoms with Crippen LogP contribution in [0.25, 0.3) is 17.1 Å². The molecular weight excluding hydrogens is 290 g/mol. The fourth-order valence-electron chi connectivity index (χ4n) is 2.35. The Kier molecular flexibility index (Phi) is 3.98. The molecule has 1 aromatic carbocycles. The molecule has 1 aromatic rings. The summed E-state index contributed by atoms with van der Waals surface area (Å²) in [6.45, 7) is 0. The zero-order valence-electron chi connectivity index (χ0n) is 12.6. The van der Waals surface area contributed by atoms with E-state index < -0.39 is 0 Å². The van der Waals surface area contributed by atoms with Gasteiger partial charge in [0, 0.05) is 18.5 Å². The molecule has 0 amide bonds. The Morgan fingerprint density at radius 2 is 2.22 bits per heavy atom. The van der Waals surface area contributed by atoms with Gasteiger partial charge in [-0.3, -0.25) is 9.36 Å². The van der Waals surface area contributed by atoms with Crippen LogP contribution >= 0.6 is 0 Å². The largest absolute Gasteiger partial charge is 0.500 e. The van der Waals surface area contributed by atoms with Crippen molar-refractivity contribution in [2.45, 2.75) is 6.42 Å². The molecule has 1 N–H and O–H groups in total. The maximum Gasteiger partial charge on any atom is 0.278 e. The standard InChI is InChI=1S/C18H15N3O2/c1-3-7-14(23-2)10-15-18(22)21-12-16(19-11-17(21)20-15)13-8-5-4-6-9-13/h1,4-9,11-12,19H,10H2,2H3/b14-7-. The number of fused-ring (bicyclic) bond motifs is 1. The van der Waals surface area contributed by atoms with Gasteiger partial charge in [0.1, 0.15) is 11.5 Å². The summed E-state index contributed by atoms with van der Waals surface area (Å²) in [7, 11) is 1.52. The Morgan fingerprint density at radius 3 is 2.91 bits per heavy atom. The maximum absolute atomic E-state index is 12.5. The Morgan fingerprint density at radius 1 is 1.43 bits per heavy atom. The van der Waals surface area contributed by atoms with E-state index in [0.717, 1.165) is 11.3 Å². The zero-order valence-corrected chi connectivity index (χ0v) is 12.6. The van der Waals surface area contributed by atoms with Gasteiger partial charge >= 0.3 is 0 Å². The van der Waals surface area contributed by atoms with Crippen LogP contribution in [0.4, 0.5) is 0 Å². The molecule has 2 aliphatic heterocycles. The average Bonchev–Trinajstić information content (AvgIpc) is 2.90. The highest BCUT2D eigenvalue weighted by molar-refractivity contribution is 5.58. The molecule has 0 fully saturated rings. The van der Waals surface area contributed by atoms with Crippen LogP contribution in [-0.2, 0) is 11.2 Å². The molecule has 0 saturated heterocycles. The number of H-pyrrole nitrogens is 1. The summed E-state index contributed by atoms with van der Waals surface area (Å²) in [5.74, 6) is 3.48. The van der Waals surface area contributed by atoms with E-state index in [-0.39, 0.29) is 12.0 Å². The molecular formula is C18H15N3O2. The Hall–Kier alpha value is -3.26. The number of imidazole rings is 1. The van der Waals surface area contributed by atoms with Crippen molar-refractivity contribution in [1.29, 1.82) is 0 Å². The summed E-state index contributed by atoms with van der Waals surface area (Å²) < 4.78 is 6.69. The fraction of sp³-hybridized carbons (Fsp3) is 0.111. The predicted molar refractivity (Wildman–Crippen MR) is 88.4 cm³/mol. The highest BCUT2D eigenvalue weighted by Gasteiger charge is 2.16. The molecule has 0 atom stereocenters. The first-order chi connectivity index (χ1) is 11.2. The molecule has 0 aromatic heterocycles. The number of methoxy groups -OCH3 is 1. The van der Waals surface area contributed by atoms with Gasteiger partial charge in [-0.1, -0.05) is 36.3 Å². The van der Waals surface area contributed by atoms with Crippen molar-refractivity contribution in [2.75, 3.05) is 7.11 Å². The number of aromatic amines is 1. The van der Waals surface area contributed by atoms with Gasteiger partial charge in [0.25, 0.3) is 5.56 Å². The second-order valence-corrected chi connectivity index (χ2v) is 4.95. The number of hydrogen-bond acceptors (Lipinski definition) is 3. The molecule has 0 aliphatic carbocycles. The van der Waals surface area contributed by atoms with Gasteiger partial charge in [0.2, 0.25) is 0 Å². The number of terminal acetylenes is 1. The van der Waals surface area contributed by atoms with Crippen LogP contribution in [0.15, 0.2) is 59.4 Å². The van der Waals surface area contributed by atoms with Gasteiger partial charge in [-0.2, -0.15) is 0 Å².